The van der Waals surface area contributed by atoms with Gasteiger partial charge in [-0.25, -0.2) is 0 Å². The molecule has 0 atom stereocenters. The first-order valence-corrected chi connectivity index (χ1v) is 11.1. The highest BCUT2D eigenvalue weighted by Gasteiger charge is 2.18. The number of hydrogen-bond donors (Lipinski definition) is 0. The Morgan fingerprint density at radius 3 is 2.50 bits per heavy atom. The Labute approximate surface area is 181 Å². The predicted molar refractivity (Wildman–Crippen MR) is 126 cm³/mol. The van der Waals surface area contributed by atoms with Gasteiger partial charge in [-0.3, -0.25) is 4.98 Å². The summed E-state index contributed by atoms with van der Waals surface area (Å²) in [4.78, 5) is 5.92. The third kappa shape index (κ3) is 3.53. The lowest BCUT2D eigenvalue weighted by atomic mass is 10.0. The van der Waals surface area contributed by atoms with Crippen LogP contribution in [0, 0.1) is 6.92 Å². The second-order valence-corrected chi connectivity index (χ2v) is 8.52. The summed E-state index contributed by atoms with van der Waals surface area (Å²) in [5.74, 6) is 0. The molecule has 0 unspecified atom stereocenters. The topological polar surface area (TPSA) is 16.8 Å². The second kappa shape index (κ2) is 8.21. The maximum atomic E-state index is 4.64. The summed E-state index contributed by atoms with van der Waals surface area (Å²) in [7, 11) is 0. The number of aromatic nitrogens is 2. The van der Waals surface area contributed by atoms with E-state index < -0.39 is 0 Å². The zero-order valence-electron chi connectivity index (χ0n) is 17.0. The Bertz CT molecular complexity index is 1310. The molecule has 0 aliphatic carbocycles. The Balaban J connectivity index is 1.55. The molecule has 2 aromatic carbocycles. The van der Waals surface area contributed by atoms with Gasteiger partial charge in [0.15, 0.2) is 12.7 Å². The fourth-order valence-electron chi connectivity index (χ4n) is 4.06. The minimum absolute atomic E-state index is 0.922. The van der Waals surface area contributed by atoms with Crippen molar-refractivity contribution in [2.75, 3.05) is 0 Å². The lowest BCUT2D eigenvalue weighted by Gasteiger charge is -2.08. The van der Waals surface area contributed by atoms with E-state index in [0.29, 0.717) is 0 Å². The Morgan fingerprint density at radius 2 is 1.63 bits per heavy atom. The Morgan fingerprint density at radius 1 is 0.833 bits per heavy atom. The average molecular weight is 408 g/mol. The van der Waals surface area contributed by atoms with Crippen LogP contribution in [0.1, 0.15) is 11.1 Å². The van der Waals surface area contributed by atoms with Gasteiger partial charge in [0.2, 0.25) is 5.69 Å². The molecule has 3 aromatic heterocycles. The zero-order valence-corrected chi connectivity index (χ0v) is 17.8. The molecule has 0 amide bonds. The molecule has 146 valence electrons. The van der Waals surface area contributed by atoms with Gasteiger partial charge >= 0.3 is 0 Å². The number of fused-ring (bicyclic) bond motifs is 1. The molecule has 0 saturated carbocycles. The van der Waals surface area contributed by atoms with Crippen LogP contribution in [-0.2, 0) is 13.0 Å². The number of pyridine rings is 2. The molecule has 5 aromatic rings. The molecule has 0 saturated heterocycles. The standard InChI is InChI=1S/C27H23N2S/c1-20-10-2-3-11-21(20)25-14-7-9-18-29(25)19-16-23-22-12-4-5-15-26(22)30-27(23)24-13-6-8-17-28-24/h2-15,17-18H,16,19H2,1H3/q+1. The van der Waals surface area contributed by atoms with E-state index >= 15 is 0 Å². The number of aryl methyl sites for hydroxylation is 3. The molecule has 0 aliphatic heterocycles. The minimum Gasteiger partial charge on any atom is -0.255 e. The van der Waals surface area contributed by atoms with Crippen LogP contribution in [0.15, 0.2) is 97.3 Å². The number of thiophene rings is 1. The second-order valence-electron chi connectivity index (χ2n) is 7.47. The summed E-state index contributed by atoms with van der Waals surface area (Å²) in [6.45, 7) is 3.10. The highest BCUT2D eigenvalue weighted by molar-refractivity contribution is 7.22. The maximum absolute atomic E-state index is 4.64. The van der Waals surface area contributed by atoms with Crippen molar-refractivity contribution in [3.8, 4) is 21.8 Å². The first-order chi connectivity index (χ1) is 14.8. The van der Waals surface area contributed by atoms with E-state index in [9.17, 15) is 0 Å². The molecule has 0 aliphatic rings. The smallest absolute Gasteiger partial charge is 0.212 e. The van der Waals surface area contributed by atoms with Crippen molar-refractivity contribution in [1.29, 1.82) is 0 Å². The van der Waals surface area contributed by atoms with E-state index in [2.05, 4.69) is 102 Å². The third-order valence-electron chi connectivity index (χ3n) is 5.56. The SMILES string of the molecule is Cc1ccccc1-c1cccc[n+]1CCc1c(-c2ccccn2)sc2ccccc12. The van der Waals surface area contributed by atoms with Gasteiger partial charge < -0.3 is 0 Å². The maximum Gasteiger partial charge on any atom is 0.212 e. The molecule has 2 nitrogen and oxygen atoms in total. The van der Waals surface area contributed by atoms with Crippen molar-refractivity contribution in [3.05, 3.63) is 108 Å². The molecule has 0 bridgehead atoms. The molecule has 30 heavy (non-hydrogen) atoms. The van der Waals surface area contributed by atoms with Crippen molar-refractivity contribution < 1.29 is 4.57 Å². The van der Waals surface area contributed by atoms with Crippen molar-refractivity contribution >= 4 is 21.4 Å². The van der Waals surface area contributed by atoms with Crippen molar-refractivity contribution in [1.82, 2.24) is 4.98 Å². The van der Waals surface area contributed by atoms with Gasteiger partial charge in [-0.15, -0.1) is 11.3 Å². The minimum atomic E-state index is 0.922. The van der Waals surface area contributed by atoms with E-state index in [1.165, 1.54) is 37.3 Å². The van der Waals surface area contributed by atoms with Crippen LogP contribution in [0.3, 0.4) is 0 Å². The van der Waals surface area contributed by atoms with Crippen LogP contribution >= 0.6 is 11.3 Å². The molecule has 5 rings (SSSR count). The monoisotopic (exact) mass is 407 g/mol. The van der Waals surface area contributed by atoms with Crippen LogP contribution in [0.25, 0.3) is 31.9 Å². The van der Waals surface area contributed by atoms with Gasteiger partial charge in [0.05, 0.1) is 10.6 Å². The van der Waals surface area contributed by atoms with Crippen molar-refractivity contribution in [2.24, 2.45) is 0 Å². The summed E-state index contributed by atoms with van der Waals surface area (Å²) in [6.07, 6.45) is 5.03. The Kier molecular flexibility index (Phi) is 5.12. The highest BCUT2D eigenvalue weighted by Crippen LogP contribution is 2.38. The van der Waals surface area contributed by atoms with E-state index in [1.54, 1.807) is 0 Å². The summed E-state index contributed by atoms with van der Waals surface area (Å²) in [5.41, 5.74) is 6.30. The normalized spacial score (nSPS) is 11.1. The quantitative estimate of drug-likeness (QED) is 0.305. The number of hydrogen-bond acceptors (Lipinski definition) is 2. The van der Waals surface area contributed by atoms with E-state index in [0.717, 1.165) is 18.7 Å². The van der Waals surface area contributed by atoms with Gasteiger partial charge in [-0.2, -0.15) is 4.57 Å². The molecule has 0 radical (unpaired) electrons. The number of benzene rings is 2. The van der Waals surface area contributed by atoms with Crippen molar-refractivity contribution in [3.63, 3.8) is 0 Å². The third-order valence-corrected chi connectivity index (χ3v) is 6.80. The molecule has 0 fully saturated rings. The van der Waals surface area contributed by atoms with Crippen LogP contribution in [0.2, 0.25) is 0 Å². The first kappa shape index (κ1) is 18.7. The summed E-state index contributed by atoms with van der Waals surface area (Å²) in [5, 5.41) is 1.34. The van der Waals surface area contributed by atoms with E-state index in [-0.39, 0.29) is 0 Å². The Hall–Kier alpha value is -3.30. The van der Waals surface area contributed by atoms with Gasteiger partial charge in [-0.05, 0) is 53.8 Å². The fraction of sp³-hybridized carbons (Fsp3) is 0.111. The van der Waals surface area contributed by atoms with Crippen LogP contribution in [0.5, 0.6) is 0 Å². The molecular formula is C27H23N2S+. The molecule has 3 heterocycles. The van der Waals surface area contributed by atoms with Gasteiger partial charge in [0.25, 0.3) is 0 Å². The van der Waals surface area contributed by atoms with Crippen LogP contribution in [0.4, 0.5) is 0 Å². The molecule has 3 heteroatoms. The molecule has 0 spiro atoms. The first-order valence-electron chi connectivity index (χ1n) is 10.3. The number of rotatable bonds is 5. The average Bonchev–Trinajstić information content (AvgIpc) is 3.17. The van der Waals surface area contributed by atoms with Gasteiger partial charge in [0.1, 0.15) is 0 Å². The lowest BCUT2D eigenvalue weighted by molar-refractivity contribution is -0.685. The van der Waals surface area contributed by atoms with E-state index in [1.807, 2.05) is 23.6 Å². The fourth-order valence-corrected chi connectivity index (χ4v) is 5.29. The zero-order chi connectivity index (χ0) is 20.3. The van der Waals surface area contributed by atoms with Gasteiger partial charge in [-0.1, -0.05) is 42.5 Å². The van der Waals surface area contributed by atoms with Crippen molar-refractivity contribution in [2.45, 2.75) is 19.9 Å². The largest absolute Gasteiger partial charge is 0.255 e. The van der Waals surface area contributed by atoms with Gasteiger partial charge in [0, 0.05) is 35.0 Å². The summed E-state index contributed by atoms with van der Waals surface area (Å²) in [6, 6.07) is 29.9. The number of nitrogens with zero attached hydrogens (tertiary/aromatic N) is 2. The van der Waals surface area contributed by atoms with E-state index in [4.69, 9.17) is 0 Å². The summed E-state index contributed by atoms with van der Waals surface area (Å²) < 4.78 is 3.70. The predicted octanol–water partition coefficient (Wildman–Crippen LogP) is 6.47. The molecular weight excluding hydrogens is 384 g/mol. The summed E-state index contributed by atoms with van der Waals surface area (Å²) >= 11 is 1.84. The highest BCUT2D eigenvalue weighted by atomic mass is 32.1. The molecule has 0 N–H and O–H groups in total. The van der Waals surface area contributed by atoms with Crippen LogP contribution in [-0.4, -0.2) is 4.98 Å². The van der Waals surface area contributed by atoms with Crippen LogP contribution < -0.4 is 4.57 Å². The lowest BCUT2D eigenvalue weighted by Crippen LogP contribution is -2.37.